The molecule has 0 spiro atoms. The van der Waals surface area contributed by atoms with Crippen molar-refractivity contribution in [3.63, 3.8) is 0 Å². The zero-order chi connectivity index (χ0) is 24.6. The molecule has 0 aromatic heterocycles. The van der Waals surface area contributed by atoms with E-state index in [9.17, 15) is 39.5 Å². The summed E-state index contributed by atoms with van der Waals surface area (Å²) in [5.41, 5.74) is 0. The molecule has 0 amide bonds. The van der Waals surface area contributed by atoms with Crippen molar-refractivity contribution in [2.24, 2.45) is 0 Å². The number of aliphatic hydroxyl groups excluding tert-OH is 3. The average Bonchev–Trinajstić information content (AvgIpc) is 3.13. The molecule has 0 aliphatic rings. The number of alkyl halides is 9. The Hall–Kier alpha value is 0.0260. The third-order valence-corrected chi connectivity index (χ3v) is 10.9. The molecule has 1 aromatic carbocycles. The molecule has 0 fully saturated rings. The van der Waals surface area contributed by atoms with Gasteiger partial charge in [0.1, 0.15) is 0 Å². The molecule has 14 heteroatoms. The Kier molecular flexibility index (Phi) is 22.8. The first kappa shape index (κ1) is 38.3. The largest absolute Gasteiger partial charge is 0 e. The molecule has 31 heavy (non-hydrogen) atoms. The molecular weight excluding hydrogens is 587 g/mol. The first-order valence-corrected chi connectivity index (χ1v) is 13.0. The van der Waals surface area contributed by atoms with Gasteiger partial charge in [-0.1, -0.05) is 20.8 Å². The Morgan fingerprint density at radius 3 is 0.935 bits per heavy atom. The standard InChI is InChI=1S/C8H4F9Ge.3C3H8O.Zr/c9-6(10,11)18(7(12,13)14,8(15,16)17)5-3-1-2-4-5;3*1-2-3-4;/h1-4H;3*4H,2-3H2,1H3;/q-1;;;;. The van der Waals surface area contributed by atoms with Crippen molar-refractivity contribution in [1.29, 1.82) is 0 Å². The normalized spacial score (nSPS) is 11.6. The monoisotopic (exact) mass is 615 g/mol. The van der Waals surface area contributed by atoms with E-state index in [-0.39, 0.29) is 38.3 Å². The van der Waals surface area contributed by atoms with Crippen LogP contribution in [0.15, 0.2) is 24.3 Å². The maximum Gasteiger partial charge on any atom is 0 e. The van der Waals surface area contributed by atoms with Crippen LogP contribution in [0.5, 0.6) is 0 Å². The minimum Gasteiger partial charge on any atom is 0 e. The van der Waals surface area contributed by atoms with E-state index in [4.69, 9.17) is 15.3 Å². The average molecular weight is 615 g/mol. The van der Waals surface area contributed by atoms with Crippen molar-refractivity contribution in [3.05, 3.63) is 24.3 Å². The van der Waals surface area contributed by atoms with Gasteiger partial charge in [0.25, 0.3) is 0 Å². The quantitative estimate of drug-likeness (QED) is 0.265. The van der Waals surface area contributed by atoms with Gasteiger partial charge in [-0.05, 0) is 19.3 Å². The van der Waals surface area contributed by atoms with Crippen LogP contribution < -0.4 is 4.40 Å². The van der Waals surface area contributed by atoms with E-state index in [2.05, 4.69) is 0 Å². The zero-order valence-corrected chi connectivity index (χ0v) is 21.9. The van der Waals surface area contributed by atoms with Crippen LogP contribution in [0.3, 0.4) is 0 Å². The molecule has 0 aliphatic heterocycles. The third kappa shape index (κ3) is 12.7. The van der Waals surface area contributed by atoms with Crippen LogP contribution in [-0.2, 0) is 26.2 Å². The van der Waals surface area contributed by atoms with Gasteiger partial charge in [0.15, 0.2) is 0 Å². The van der Waals surface area contributed by atoms with E-state index in [0.29, 0.717) is 19.8 Å². The number of hydrogen-bond acceptors (Lipinski definition) is 3. The fourth-order valence-corrected chi connectivity index (χ4v) is 7.13. The molecule has 0 saturated heterocycles. The Balaban J connectivity index is -0.000000232. The van der Waals surface area contributed by atoms with Crippen LogP contribution >= 0.6 is 0 Å². The maximum atomic E-state index is 12.6. The van der Waals surface area contributed by atoms with E-state index in [1.54, 1.807) is 0 Å². The number of halogens is 9. The van der Waals surface area contributed by atoms with Gasteiger partial charge in [0.2, 0.25) is 0 Å². The molecule has 0 bridgehead atoms. The van der Waals surface area contributed by atoms with Crippen LogP contribution in [0.1, 0.15) is 40.0 Å². The third-order valence-electron chi connectivity index (χ3n) is 3.04. The summed E-state index contributed by atoms with van der Waals surface area (Å²) in [6, 6.07) is 1.90. The molecule has 0 atom stereocenters. The molecule has 3 N–H and O–H groups in total. The van der Waals surface area contributed by atoms with Crippen LogP contribution in [0.25, 0.3) is 0 Å². The minimum absolute atomic E-state index is 0. The molecular formula is C17H28F9GeO3Zr-. The fourth-order valence-electron chi connectivity index (χ4n) is 1.60. The van der Waals surface area contributed by atoms with Crippen LogP contribution in [0.4, 0.5) is 39.5 Å². The summed E-state index contributed by atoms with van der Waals surface area (Å²) in [7, 11) is 0. The molecule has 1 aromatic rings. The number of rotatable bonds is 4. The first-order chi connectivity index (χ1) is 13.6. The van der Waals surface area contributed by atoms with E-state index >= 15 is 0 Å². The summed E-state index contributed by atoms with van der Waals surface area (Å²) in [6.07, 6.45) is 2.62. The van der Waals surface area contributed by atoms with E-state index in [1.165, 1.54) is 0 Å². The molecule has 1 rings (SSSR count). The number of hydrogen-bond donors (Lipinski definition) is 3. The SMILES string of the molecule is CCCO.CCCO.CCCO.F[C](F)(F)[Ge]([c-]1cccc1)([C](F)(F)F)[C](F)(F)F.[Zr]. The first-order valence-electron chi connectivity index (χ1n) is 8.85. The predicted octanol–water partition coefficient (Wildman–Crippen LogP) is 4.53. The van der Waals surface area contributed by atoms with Crippen molar-refractivity contribution >= 4 is 17.7 Å². The van der Waals surface area contributed by atoms with E-state index in [1.807, 2.05) is 20.8 Å². The summed E-state index contributed by atoms with van der Waals surface area (Å²) < 4.78 is 111. The Morgan fingerprint density at radius 2 is 0.806 bits per heavy atom. The van der Waals surface area contributed by atoms with Crippen LogP contribution in [-0.4, -0.2) is 63.4 Å². The summed E-state index contributed by atoms with van der Waals surface area (Å²) >= 11 is -8.38. The van der Waals surface area contributed by atoms with E-state index in [0.717, 1.165) is 31.4 Å². The van der Waals surface area contributed by atoms with Gasteiger partial charge in [0.05, 0.1) is 0 Å². The second-order valence-corrected chi connectivity index (χ2v) is 13.5. The van der Waals surface area contributed by atoms with Gasteiger partial charge < -0.3 is 15.3 Å². The summed E-state index contributed by atoms with van der Waals surface area (Å²) in [6.45, 7) is 6.75. The van der Waals surface area contributed by atoms with Crippen molar-refractivity contribution in [2.75, 3.05) is 19.8 Å². The summed E-state index contributed by atoms with van der Waals surface area (Å²) in [5.74, 6) is 0. The minimum atomic E-state index is -8.38. The van der Waals surface area contributed by atoms with Crippen molar-refractivity contribution in [1.82, 2.24) is 0 Å². The molecule has 186 valence electrons. The molecule has 3 nitrogen and oxygen atoms in total. The second-order valence-electron chi connectivity index (χ2n) is 5.59. The maximum absolute atomic E-state index is 12.6. The van der Waals surface area contributed by atoms with Crippen LogP contribution in [0, 0.1) is 0 Å². The molecule has 0 saturated carbocycles. The van der Waals surface area contributed by atoms with Crippen molar-refractivity contribution < 1.29 is 81.0 Å². The fraction of sp³-hybridized carbons (Fsp3) is 0.706. The Bertz CT molecular complexity index is 453. The van der Waals surface area contributed by atoms with Crippen LogP contribution in [0.2, 0.25) is 0 Å². The van der Waals surface area contributed by atoms with Gasteiger partial charge >= 0.3 is 96.5 Å². The van der Waals surface area contributed by atoms with Gasteiger partial charge in [-0.2, -0.15) is 0 Å². The molecule has 0 heterocycles. The molecule has 0 aliphatic carbocycles. The Labute approximate surface area is 197 Å². The van der Waals surface area contributed by atoms with Gasteiger partial charge in [-0.25, -0.2) is 0 Å². The predicted molar refractivity (Wildman–Crippen MR) is 97.7 cm³/mol. The summed E-state index contributed by atoms with van der Waals surface area (Å²) in [4.78, 5) is 0. The van der Waals surface area contributed by atoms with Crippen molar-refractivity contribution in [3.8, 4) is 0 Å². The molecule has 0 unspecified atom stereocenters. The van der Waals surface area contributed by atoms with Gasteiger partial charge in [-0.15, -0.1) is 0 Å². The van der Waals surface area contributed by atoms with E-state index < -0.39 is 32.7 Å². The molecule has 0 radical (unpaired) electrons. The van der Waals surface area contributed by atoms with Crippen molar-refractivity contribution in [2.45, 2.75) is 55.1 Å². The summed E-state index contributed by atoms with van der Waals surface area (Å²) in [5, 5.41) is 4.56. The zero-order valence-electron chi connectivity index (χ0n) is 17.3. The second kappa shape index (κ2) is 18.5. The smallest absolute Gasteiger partial charge is 0 e. The van der Waals surface area contributed by atoms with Gasteiger partial charge in [0, 0.05) is 46.0 Å². The topological polar surface area (TPSA) is 60.7 Å². The Morgan fingerprint density at radius 1 is 0.613 bits per heavy atom. The number of aliphatic hydroxyl groups is 3. The van der Waals surface area contributed by atoms with Gasteiger partial charge in [-0.3, -0.25) is 0 Å².